The van der Waals surface area contributed by atoms with E-state index in [1.165, 1.54) is 11.1 Å². The SMILES string of the molecule is CC(=O)N1CCCc2cc(CCCCC=O)ccc21. The summed E-state index contributed by atoms with van der Waals surface area (Å²) in [6, 6.07) is 6.41. The van der Waals surface area contributed by atoms with Gasteiger partial charge in [-0.1, -0.05) is 12.1 Å². The van der Waals surface area contributed by atoms with Gasteiger partial charge in [-0.25, -0.2) is 0 Å². The Morgan fingerprint density at radius 2 is 2.21 bits per heavy atom. The average Bonchev–Trinajstić information content (AvgIpc) is 2.42. The summed E-state index contributed by atoms with van der Waals surface area (Å²) in [5, 5.41) is 0. The number of benzene rings is 1. The number of amides is 1. The number of unbranched alkanes of at least 4 members (excludes halogenated alkanes) is 2. The Bertz CT molecular complexity index is 468. The highest BCUT2D eigenvalue weighted by Gasteiger charge is 2.19. The van der Waals surface area contributed by atoms with Gasteiger partial charge in [0.25, 0.3) is 0 Å². The molecule has 0 aromatic heterocycles. The zero-order valence-electron chi connectivity index (χ0n) is 11.5. The molecule has 0 unspecified atom stereocenters. The largest absolute Gasteiger partial charge is 0.312 e. The lowest BCUT2D eigenvalue weighted by Crippen LogP contribution is -2.33. The van der Waals surface area contributed by atoms with Crippen molar-refractivity contribution in [2.75, 3.05) is 11.4 Å². The number of nitrogens with zero attached hydrogens (tertiary/aromatic N) is 1. The number of anilines is 1. The molecule has 1 aliphatic rings. The van der Waals surface area contributed by atoms with Crippen LogP contribution >= 0.6 is 0 Å². The fourth-order valence-electron chi connectivity index (χ4n) is 2.69. The standard InChI is InChI=1S/C16H21NO2/c1-13(19)17-10-5-7-15-12-14(8-9-16(15)17)6-3-2-4-11-18/h8-9,11-12H,2-7,10H2,1H3. The number of carbonyl (C=O) groups is 2. The highest BCUT2D eigenvalue weighted by Crippen LogP contribution is 2.28. The second-order valence-corrected chi connectivity index (χ2v) is 5.15. The van der Waals surface area contributed by atoms with E-state index >= 15 is 0 Å². The third kappa shape index (κ3) is 3.43. The minimum absolute atomic E-state index is 0.125. The van der Waals surface area contributed by atoms with Crippen molar-refractivity contribution < 1.29 is 9.59 Å². The fraction of sp³-hybridized carbons (Fsp3) is 0.500. The van der Waals surface area contributed by atoms with Crippen molar-refractivity contribution in [1.29, 1.82) is 0 Å². The van der Waals surface area contributed by atoms with E-state index in [2.05, 4.69) is 18.2 Å². The summed E-state index contributed by atoms with van der Waals surface area (Å²) < 4.78 is 0. The lowest BCUT2D eigenvalue weighted by molar-refractivity contribution is -0.116. The van der Waals surface area contributed by atoms with Gasteiger partial charge in [-0.05, 0) is 49.3 Å². The van der Waals surface area contributed by atoms with Crippen LogP contribution in [-0.2, 0) is 22.4 Å². The molecule has 0 radical (unpaired) electrons. The maximum absolute atomic E-state index is 11.6. The molecule has 0 bridgehead atoms. The molecule has 2 rings (SSSR count). The Hall–Kier alpha value is -1.64. The second-order valence-electron chi connectivity index (χ2n) is 5.15. The van der Waals surface area contributed by atoms with Crippen LogP contribution in [0.5, 0.6) is 0 Å². The fourth-order valence-corrected chi connectivity index (χ4v) is 2.69. The molecule has 0 atom stereocenters. The molecule has 1 amide bonds. The molecule has 1 heterocycles. The predicted octanol–water partition coefficient (Wildman–Crippen LogP) is 2.90. The van der Waals surface area contributed by atoms with Crippen molar-refractivity contribution in [3.63, 3.8) is 0 Å². The van der Waals surface area contributed by atoms with Crippen molar-refractivity contribution in [3.8, 4) is 0 Å². The van der Waals surface area contributed by atoms with Crippen LogP contribution in [0.2, 0.25) is 0 Å². The highest BCUT2D eigenvalue weighted by atomic mass is 16.2. The van der Waals surface area contributed by atoms with E-state index in [0.717, 1.165) is 50.6 Å². The monoisotopic (exact) mass is 259 g/mol. The third-order valence-corrected chi connectivity index (χ3v) is 3.68. The molecule has 0 N–H and O–H groups in total. The normalized spacial score (nSPS) is 14.1. The number of fused-ring (bicyclic) bond motifs is 1. The lowest BCUT2D eigenvalue weighted by atomic mass is 9.97. The Labute approximate surface area is 114 Å². The zero-order chi connectivity index (χ0) is 13.7. The molecular formula is C16H21NO2. The van der Waals surface area contributed by atoms with Gasteiger partial charge in [0.2, 0.25) is 5.91 Å². The van der Waals surface area contributed by atoms with Crippen LogP contribution in [0.4, 0.5) is 5.69 Å². The summed E-state index contributed by atoms with van der Waals surface area (Å²) in [4.78, 5) is 23.7. The van der Waals surface area contributed by atoms with Crippen LogP contribution in [0, 0.1) is 0 Å². The Balaban J connectivity index is 2.06. The first-order valence-electron chi connectivity index (χ1n) is 7.06. The predicted molar refractivity (Wildman–Crippen MR) is 76.4 cm³/mol. The van der Waals surface area contributed by atoms with Gasteiger partial charge in [0.1, 0.15) is 6.29 Å². The summed E-state index contributed by atoms with van der Waals surface area (Å²) in [6.07, 6.45) is 6.76. The molecule has 102 valence electrons. The smallest absolute Gasteiger partial charge is 0.223 e. The third-order valence-electron chi connectivity index (χ3n) is 3.68. The minimum Gasteiger partial charge on any atom is -0.312 e. The maximum Gasteiger partial charge on any atom is 0.223 e. The van der Waals surface area contributed by atoms with Crippen LogP contribution in [-0.4, -0.2) is 18.7 Å². The number of hydrogen-bond acceptors (Lipinski definition) is 2. The van der Waals surface area contributed by atoms with E-state index in [-0.39, 0.29) is 5.91 Å². The Morgan fingerprint density at radius 1 is 1.37 bits per heavy atom. The first-order valence-corrected chi connectivity index (χ1v) is 7.06. The zero-order valence-corrected chi connectivity index (χ0v) is 11.5. The number of aryl methyl sites for hydroxylation is 2. The van der Waals surface area contributed by atoms with Gasteiger partial charge < -0.3 is 9.69 Å². The van der Waals surface area contributed by atoms with Gasteiger partial charge in [0.05, 0.1) is 0 Å². The molecular weight excluding hydrogens is 238 g/mol. The molecule has 0 saturated carbocycles. The second kappa shape index (κ2) is 6.50. The summed E-state index contributed by atoms with van der Waals surface area (Å²) in [5.74, 6) is 0.125. The van der Waals surface area contributed by atoms with E-state index in [9.17, 15) is 9.59 Å². The molecule has 3 nitrogen and oxygen atoms in total. The van der Waals surface area contributed by atoms with Crippen molar-refractivity contribution in [2.45, 2.75) is 45.4 Å². The number of aldehydes is 1. The molecule has 0 aliphatic carbocycles. The van der Waals surface area contributed by atoms with Crippen LogP contribution in [0.3, 0.4) is 0 Å². The average molecular weight is 259 g/mol. The van der Waals surface area contributed by atoms with Crippen LogP contribution in [0.1, 0.15) is 43.7 Å². The number of rotatable bonds is 5. The van der Waals surface area contributed by atoms with E-state index in [1.54, 1.807) is 6.92 Å². The molecule has 19 heavy (non-hydrogen) atoms. The van der Waals surface area contributed by atoms with Gasteiger partial charge in [-0.15, -0.1) is 0 Å². The first-order chi connectivity index (χ1) is 9.22. The molecule has 0 spiro atoms. The lowest BCUT2D eigenvalue weighted by Gasteiger charge is -2.29. The molecule has 0 saturated heterocycles. The van der Waals surface area contributed by atoms with E-state index in [4.69, 9.17) is 0 Å². The van der Waals surface area contributed by atoms with Gasteiger partial charge in [-0.2, -0.15) is 0 Å². The summed E-state index contributed by atoms with van der Waals surface area (Å²) in [6.45, 7) is 2.46. The summed E-state index contributed by atoms with van der Waals surface area (Å²) >= 11 is 0. The van der Waals surface area contributed by atoms with Crippen molar-refractivity contribution in [1.82, 2.24) is 0 Å². The molecule has 3 heteroatoms. The van der Waals surface area contributed by atoms with Crippen LogP contribution < -0.4 is 4.90 Å². The van der Waals surface area contributed by atoms with E-state index in [0.29, 0.717) is 6.42 Å². The summed E-state index contributed by atoms with van der Waals surface area (Å²) in [5.41, 5.74) is 3.68. The first kappa shape index (κ1) is 13.8. The molecule has 0 fully saturated rings. The van der Waals surface area contributed by atoms with Crippen molar-refractivity contribution in [3.05, 3.63) is 29.3 Å². The molecule has 1 aliphatic heterocycles. The maximum atomic E-state index is 11.6. The van der Waals surface area contributed by atoms with Gasteiger partial charge in [0, 0.05) is 25.6 Å². The number of hydrogen-bond donors (Lipinski definition) is 0. The van der Waals surface area contributed by atoms with Gasteiger partial charge in [-0.3, -0.25) is 4.79 Å². The van der Waals surface area contributed by atoms with Gasteiger partial charge in [0.15, 0.2) is 0 Å². The van der Waals surface area contributed by atoms with Crippen LogP contribution in [0.25, 0.3) is 0 Å². The Kier molecular flexibility index (Phi) is 4.72. The van der Waals surface area contributed by atoms with Crippen molar-refractivity contribution >= 4 is 17.9 Å². The quantitative estimate of drug-likeness (QED) is 0.602. The highest BCUT2D eigenvalue weighted by molar-refractivity contribution is 5.92. The van der Waals surface area contributed by atoms with E-state index < -0.39 is 0 Å². The topological polar surface area (TPSA) is 37.4 Å². The molecule has 1 aromatic rings. The Morgan fingerprint density at radius 3 is 2.95 bits per heavy atom. The van der Waals surface area contributed by atoms with Gasteiger partial charge >= 0.3 is 0 Å². The summed E-state index contributed by atoms with van der Waals surface area (Å²) in [7, 11) is 0. The number of carbonyl (C=O) groups excluding carboxylic acids is 2. The van der Waals surface area contributed by atoms with Crippen molar-refractivity contribution in [2.24, 2.45) is 0 Å². The van der Waals surface area contributed by atoms with E-state index in [1.807, 2.05) is 4.90 Å². The van der Waals surface area contributed by atoms with Crippen LogP contribution in [0.15, 0.2) is 18.2 Å². The minimum atomic E-state index is 0.125. The molecule has 1 aromatic carbocycles.